The van der Waals surface area contributed by atoms with Crippen molar-refractivity contribution in [1.82, 2.24) is 4.90 Å². The Balaban J connectivity index is 2.01. The maximum absolute atomic E-state index is 5.99. The summed E-state index contributed by atoms with van der Waals surface area (Å²) in [6, 6.07) is 9.80. The summed E-state index contributed by atoms with van der Waals surface area (Å²) in [5.74, 6) is 0.728. The molecule has 1 fully saturated rings. The van der Waals surface area contributed by atoms with Gasteiger partial charge in [0.1, 0.15) is 0 Å². The molecule has 0 amide bonds. The monoisotopic (exact) mass is 324 g/mol. The Morgan fingerprint density at radius 2 is 2.05 bits per heavy atom. The minimum atomic E-state index is 0.555. The Bertz CT molecular complexity index is 390. The maximum atomic E-state index is 5.99. The number of hydrogen-bond acceptors (Lipinski definition) is 2. The Morgan fingerprint density at radius 1 is 1.37 bits per heavy atom. The zero-order valence-corrected chi connectivity index (χ0v) is 13.6. The molecule has 2 rings (SSSR count). The molecule has 19 heavy (non-hydrogen) atoms. The first kappa shape index (κ1) is 15.0. The van der Waals surface area contributed by atoms with Crippen molar-refractivity contribution in [2.24, 2.45) is 11.7 Å². The molecule has 0 spiro atoms. The molecule has 0 bridgehead atoms. The van der Waals surface area contributed by atoms with E-state index < -0.39 is 0 Å². The minimum absolute atomic E-state index is 0.555. The topological polar surface area (TPSA) is 29.3 Å². The Hall–Kier alpha value is -0.380. The van der Waals surface area contributed by atoms with Crippen LogP contribution in [0.25, 0.3) is 0 Å². The third-order valence-corrected chi connectivity index (χ3v) is 4.94. The van der Waals surface area contributed by atoms with E-state index >= 15 is 0 Å². The van der Waals surface area contributed by atoms with Crippen LogP contribution in [-0.2, 0) is 6.42 Å². The van der Waals surface area contributed by atoms with Gasteiger partial charge in [-0.1, -0.05) is 35.0 Å². The number of hydrogen-bond donors (Lipinski definition) is 1. The molecule has 3 heteroatoms. The molecule has 2 nitrogen and oxygen atoms in total. The van der Waals surface area contributed by atoms with Crippen LogP contribution in [0.5, 0.6) is 0 Å². The number of benzene rings is 1. The van der Waals surface area contributed by atoms with Gasteiger partial charge in [0.25, 0.3) is 0 Å². The van der Waals surface area contributed by atoms with Gasteiger partial charge in [0.15, 0.2) is 0 Å². The molecule has 106 valence electrons. The van der Waals surface area contributed by atoms with Crippen molar-refractivity contribution in [3.05, 3.63) is 34.3 Å². The summed E-state index contributed by atoms with van der Waals surface area (Å²) in [7, 11) is 0. The standard InChI is InChI=1S/C16H25BrN2/c1-12-4-3-9-19(16(12)11-18)13(2)10-14-5-7-15(17)8-6-14/h5-8,12-13,16H,3-4,9-11,18H2,1-2H3. The lowest BCUT2D eigenvalue weighted by atomic mass is 9.89. The van der Waals surface area contributed by atoms with E-state index in [2.05, 4.69) is 58.9 Å². The van der Waals surface area contributed by atoms with Gasteiger partial charge in [-0.15, -0.1) is 0 Å². The molecule has 1 aromatic carbocycles. The minimum Gasteiger partial charge on any atom is -0.329 e. The quantitative estimate of drug-likeness (QED) is 0.919. The highest BCUT2D eigenvalue weighted by Gasteiger charge is 2.30. The van der Waals surface area contributed by atoms with Crippen LogP contribution >= 0.6 is 15.9 Å². The fraction of sp³-hybridized carbons (Fsp3) is 0.625. The SMILES string of the molecule is CC1CCCN(C(C)Cc2ccc(Br)cc2)C1CN. The summed E-state index contributed by atoms with van der Waals surface area (Å²) in [6.45, 7) is 6.66. The van der Waals surface area contributed by atoms with Gasteiger partial charge in [0, 0.05) is 23.1 Å². The van der Waals surface area contributed by atoms with Crippen LogP contribution in [-0.4, -0.2) is 30.1 Å². The summed E-state index contributed by atoms with van der Waals surface area (Å²) in [6.07, 6.45) is 3.74. The van der Waals surface area contributed by atoms with Crippen molar-refractivity contribution >= 4 is 15.9 Å². The van der Waals surface area contributed by atoms with E-state index in [1.165, 1.54) is 24.9 Å². The third-order valence-electron chi connectivity index (χ3n) is 4.41. The van der Waals surface area contributed by atoms with E-state index in [9.17, 15) is 0 Å². The average molecular weight is 325 g/mol. The molecule has 1 saturated heterocycles. The highest BCUT2D eigenvalue weighted by molar-refractivity contribution is 9.10. The molecule has 0 aromatic heterocycles. The number of halogens is 1. The summed E-state index contributed by atoms with van der Waals surface area (Å²) < 4.78 is 1.15. The van der Waals surface area contributed by atoms with Gasteiger partial charge in [0.2, 0.25) is 0 Å². The predicted octanol–water partition coefficient (Wildman–Crippen LogP) is 3.44. The maximum Gasteiger partial charge on any atom is 0.0246 e. The van der Waals surface area contributed by atoms with Crippen LogP contribution in [0.4, 0.5) is 0 Å². The van der Waals surface area contributed by atoms with Gasteiger partial charge < -0.3 is 5.73 Å². The second-order valence-corrected chi connectivity index (χ2v) is 6.76. The molecule has 3 atom stereocenters. The molecular formula is C16H25BrN2. The largest absolute Gasteiger partial charge is 0.329 e. The molecule has 0 aliphatic carbocycles. The van der Waals surface area contributed by atoms with Crippen LogP contribution in [0.1, 0.15) is 32.3 Å². The molecule has 1 aromatic rings. The van der Waals surface area contributed by atoms with E-state index in [0.29, 0.717) is 12.1 Å². The van der Waals surface area contributed by atoms with E-state index in [1.54, 1.807) is 0 Å². The third kappa shape index (κ3) is 3.80. The summed E-state index contributed by atoms with van der Waals surface area (Å²) >= 11 is 3.49. The van der Waals surface area contributed by atoms with Crippen molar-refractivity contribution in [3.8, 4) is 0 Å². The second kappa shape index (κ2) is 6.87. The van der Waals surface area contributed by atoms with Gasteiger partial charge in [-0.25, -0.2) is 0 Å². The highest BCUT2D eigenvalue weighted by Crippen LogP contribution is 2.25. The van der Waals surface area contributed by atoms with Gasteiger partial charge in [-0.3, -0.25) is 4.90 Å². The normalized spacial score (nSPS) is 26.3. The van der Waals surface area contributed by atoms with Crippen LogP contribution in [0, 0.1) is 5.92 Å². The molecule has 1 aliphatic heterocycles. The van der Waals surface area contributed by atoms with Gasteiger partial charge in [0.05, 0.1) is 0 Å². The van der Waals surface area contributed by atoms with Crippen molar-refractivity contribution in [1.29, 1.82) is 0 Å². The van der Waals surface area contributed by atoms with Crippen molar-refractivity contribution in [2.75, 3.05) is 13.1 Å². The first-order chi connectivity index (χ1) is 9.11. The zero-order chi connectivity index (χ0) is 13.8. The Kier molecular flexibility index (Phi) is 5.43. The summed E-state index contributed by atoms with van der Waals surface area (Å²) in [5, 5.41) is 0. The predicted molar refractivity (Wildman–Crippen MR) is 85.3 cm³/mol. The second-order valence-electron chi connectivity index (χ2n) is 5.84. The molecule has 1 heterocycles. The molecule has 2 N–H and O–H groups in total. The molecular weight excluding hydrogens is 300 g/mol. The van der Waals surface area contributed by atoms with Crippen molar-refractivity contribution in [2.45, 2.75) is 45.2 Å². The first-order valence-electron chi connectivity index (χ1n) is 7.32. The van der Waals surface area contributed by atoms with Crippen LogP contribution < -0.4 is 5.73 Å². The van der Waals surface area contributed by atoms with Crippen molar-refractivity contribution in [3.63, 3.8) is 0 Å². The highest BCUT2D eigenvalue weighted by atomic mass is 79.9. The van der Waals surface area contributed by atoms with Crippen LogP contribution in [0.3, 0.4) is 0 Å². The summed E-state index contributed by atoms with van der Waals surface area (Å²) in [5.41, 5.74) is 7.39. The smallest absolute Gasteiger partial charge is 0.0246 e. The number of nitrogens with zero attached hydrogens (tertiary/aromatic N) is 1. The lowest BCUT2D eigenvalue weighted by Crippen LogP contribution is -2.52. The van der Waals surface area contributed by atoms with Gasteiger partial charge >= 0.3 is 0 Å². The van der Waals surface area contributed by atoms with E-state index in [0.717, 1.165) is 23.4 Å². The lowest BCUT2D eigenvalue weighted by molar-refractivity contribution is 0.0693. The molecule has 0 saturated carbocycles. The lowest BCUT2D eigenvalue weighted by Gasteiger charge is -2.43. The number of rotatable bonds is 4. The van der Waals surface area contributed by atoms with Crippen LogP contribution in [0.15, 0.2) is 28.7 Å². The molecule has 0 radical (unpaired) electrons. The number of nitrogens with two attached hydrogens (primary N) is 1. The number of likely N-dealkylation sites (tertiary alicyclic amines) is 1. The fourth-order valence-electron chi connectivity index (χ4n) is 3.27. The van der Waals surface area contributed by atoms with Crippen molar-refractivity contribution < 1.29 is 0 Å². The first-order valence-corrected chi connectivity index (χ1v) is 8.11. The average Bonchev–Trinajstić information content (AvgIpc) is 2.41. The summed E-state index contributed by atoms with van der Waals surface area (Å²) in [4.78, 5) is 2.62. The fourth-order valence-corrected chi connectivity index (χ4v) is 3.54. The Morgan fingerprint density at radius 3 is 2.68 bits per heavy atom. The van der Waals surface area contributed by atoms with E-state index in [1.807, 2.05) is 0 Å². The molecule has 1 aliphatic rings. The number of piperidine rings is 1. The van der Waals surface area contributed by atoms with E-state index in [-0.39, 0.29) is 0 Å². The zero-order valence-electron chi connectivity index (χ0n) is 12.0. The van der Waals surface area contributed by atoms with Gasteiger partial charge in [-0.2, -0.15) is 0 Å². The molecule has 3 unspecified atom stereocenters. The van der Waals surface area contributed by atoms with E-state index in [4.69, 9.17) is 5.73 Å². The Labute approximate surface area is 125 Å². The van der Waals surface area contributed by atoms with Gasteiger partial charge in [-0.05, 0) is 56.3 Å². The van der Waals surface area contributed by atoms with Crippen LogP contribution in [0.2, 0.25) is 0 Å².